The van der Waals surface area contributed by atoms with Crippen LogP contribution in [0.15, 0.2) is 11.7 Å². The third-order valence-electron chi connectivity index (χ3n) is 1.80. The Hall–Kier alpha value is -0.426. The maximum atomic E-state index is 6.00. The summed E-state index contributed by atoms with van der Waals surface area (Å²) in [6.07, 6.45) is 0. The van der Waals surface area contributed by atoms with Gasteiger partial charge in [-0.3, -0.25) is 0 Å². The number of hydrogen-bond acceptors (Lipinski definition) is 3. The highest BCUT2D eigenvalue weighted by molar-refractivity contribution is 6.70. The molecule has 0 rings (SSSR count). The van der Waals surface area contributed by atoms with E-state index in [-0.39, 0.29) is 5.41 Å². The molecule has 0 bridgehead atoms. The molecular formula is C12H28O3Si2. The van der Waals surface area contributed by atoms with Crippen LogP contribution in [0.25, 0.3) is 0 Å². The molecule has 3 nitrogen and oxygen atoms in total. The Labute approximate surface area is 109 Å². The van der Waals surface area contributed by atoms with Crippen molar-refractivity contribution in [3.63, 3.8) is 0 Å². The molecule has 0 N–H and O–H groups in total. The summed E-state index contributed by atoms with van der Waals surface area (Å²) in [7, 11) is -1.20. The van der Waals surface area contributed by atoms with Gasteiger partial charge in [-0.05, 0) is 32.7 Å². The maximum Gasteiger partial charge on any atom is 0.303 e. The lowest BCUT2D eigenvalue weighted by Crippen LogP contribution is -2.29. The third kappa shape index (κ3) is 6.78. The Morgan fingerprint density at radius 2 is 1.53 bits per heavy atom. The van der Waals surface area contributed by atoms with E-state index in [1.165, 1.54) is 0 Å². The number of hydrogen-bond donors (Lipinski definition) is 0. The van der Waals surface area contributed by atoms with E-state index in [2.05, 4.69) is 53.5 Å². The molecule has 0 aromatic heterocycles. The molecule has 0 fully saturated rings. The van der Waals surface area contributed by atoms with Crippen LogP contribution in [0.3, 0.4) is 0 Å². The lowest BCUT2D eigenvalue weighted by Gasteiger charge is -2.30. The van der Waals surface area contributed by atoms with Crippen LogP contribution in [0.1, 0.15) is 20.8 Å². The van der Waals surface area contributed by atoms with E-state index >= 15 is 0 Å². The standard InChI is InChI=1S/C12H28O3Si2/c1-12(2,3)10(14-16(5)6)11(13-4)15-17(7,8)9/h16H,1-9H3. The van der Waals surface area contributed by atoms with E-state index in [1.807, 2.05) is 0 Å². The van der Waals surface area contributed by atoms with E-state index in [1.54, 1.807) is 7.11 Å². The van der Waals surface area contributed by atoms with Gasteiger partial charge in [0.25, 0.3) is 0 Å². The van der Waals surface area contributed by atoms with Gasteiger partial charge in [-0.1, -0.05) is 20.8 Å². The normalized spacial score (nSPS) is 14.5. The fraction of sp³-hybridized carbons (Fsp3) is 0.833. The van der Waals surface area contributed by atoms with Gasteiger partial charge in [-0.25, -0.2) is 0 Å². The van der Waals surface area contributed by atoms with Gasteiger partial charge in [0, 0.05) is 5.41 Å². The third-order valence-corrected chi connectivity index (χ3v) is 3.31. The number of rotatable bonds is 5. The van der Waals surface area contributed by atoms with Crippen LogP contribution >= 0.6 is 0 Å². The average molecular weight is 277 g/mol. The van der Waals surface area contributed by atoms with E-state index < -0.39 is 17.4 Å². The van der Waals surface area contributed by atoms with Gasteiger partial charge in [0.1, 0.15) is 0 Å². The van der Waals surface area contributed by atoms with Gasteiger partial charge >= 0.3 is 5.95 Å². The molecule has 0 atom stereocenters. The Morgan fingerprint density at radius 1 is 1.06 bits per heavy atom. The summed E-state index contributed by atoms with van der Waals surface area (Å²) in [4.78, 5) is 0. The minimum absolute atomic E-state index is 0.0950. The molecule has 0 saturated carbocycles. The fourth-order valence-corrected chi connectivity index (χ4v) is 2.88. The lowest BCUT2D eigenvalue weighted by atomic mass is 9.94. The van der Waals surface area contributed by atoms with Crippen LogP contribution in [0, 0.1) is 5.41 Å². The maximum absolute atomic E-state index is 6.00. The Kier molecular flexibility index (Phi) is 5.80. The molecule has 0 aliphatic carbocycles. The second kappa shape index (κ2) is 5.95. The predicted molar refractivity (Wildman–Crippen MR) is 77.9 cm³/mol. The zero-order chi connectivity index (χ0) is 13.9. The van der Waals surface area contributed by atoms with Crippen molar-refractivity contribution in [1.82, 2.24) is 0 Å². The van der Waals surface area contributed by atoms with Gasteiger partial charge in [-0.15, -0.1) is 0 Å². The van der Waals surface area contributed by atoms with Crippen LogP contribution < -0.4 is 0 Å². The predicted octanol–water partition coefficient (Wildman–Crippen LogP) is 3.70. The minimum atomic E-state index is -1.68. The largest absolute Gasteiger partial charge is 0.545 e. The van der Waals surface area contributed by atoms with Gasteiger partial charge in [-0.2, -0.15) is 0 Å². The molecule has 17 heavy (non-hydrogen) atoms. The van der Waals surface area contributed by atoms with Crippen LogP contribution in [0.2, 0.25) is 32.7 Å². The zero-order valence-corrected chi connectivity index (χ0v) is 15.0. The van der Waals surface area contributed by atoms with Crippen molar-refractivity contribution in [2.45, 2.75) is 53.5 Å². The molecule has 0 amide bonds. The summed E-state index contributed by atoms with van der Waals surface area (Å²) in [5.41, 5.74) is -0.0950. The van der Waals surface area contributed by atoms with Crippen molar-refractivity contribution in [1.29, 1.82) is 0 Å². The van der Waals surface area contributed by atoms with E-state index in [0.29, 0.717) is 5.95 Å². The van der Waals surface area contributed by atoms with Crippen molar-refractivity contribution in [2.75, 3.05) is 7.11 Å². The van der Waals surface area contributed by atoms with Gasteiger partial charge in [0.15, 0.2) is 5.76 Å². The minimum Gasteiger partial charge on any atom is -0.545 e. The van der Waals surface area contributed by atoms with E-state index in [9.17, 15) is 0 Å². The molecule has 0 aliphatic rings. The molecule has 0 aromatic rings. The summed E-state index contributed by atoms with van der Waals surface area (Å²) in [6.45, 7) is 17.1. The monoisotopic (exact) mass is 276 g/mol. The summed E-state index contributed by atoms with van der Waals surface area (Å²) in [6, 6.07) is 0. The first kappa shape index (κ1) is 16.6. The zero-order valence-electron chi connectivity index (χ0n) is 12.8. The highest BCUT2D eigenvalue weighted by Crippen LogP contribution is 2.31. The van der Waals surface area contributed by atoms with Crippen molar-refractivity contribution in [2.24, 2.45) is 5.41 Å². The van der Waals surface area contributed by atoms with Crippen molar-refractivity contribution in [3.8, 4) is 0 Å². The first-order valence-corrected chi connectivity index (χ1v) is 12.3. The molecule has 0 spiro atoms. The van der Waals surface area contributed by atoms with Gasteiger partial charge < -0.3 is 13.6 Å². The second-order valence-corrected chi connectivity index (χ2v) is 13.2. The highest BCUT2D eigenvalue weighted by atomic mass is 28.4. The Morgan fingerprint density at radius 3 is 1.76 bits per heavy atom. The molecule has 5 heteroatoms. The van der Waals surface area contributed by atoms with Crippen molar-refractivity contribution < 1.29 is 13.6 Å². The number of ether oxygens (including phenoxy) is 1. The molecule has 0 radical (unpaired) electrons. The molecule has 0 aliphatic heterocycles. The van der Waals surface area contributed by atoms with Crippen LogP contribution in [0.4, 0.5) is 0 Å². The average Bonchev–Trinajstić information content (AvgIpc) is 2.07. The van der Waals surface area contributed by atoms with Crippen LogP contribution in [-0.2, 0) is 13.6 Å². The summed E-state index contributed by atoms with van der Waals surface area (Å²) < 4.78 is 17.4. The molecule has 0 heterocycles. The quantitative estimate of drug-likeness (QED) is 0.566. The van der Waals surface area contributed by atoms with Crippen LogP contribution in [-0.4, -0.2) is 24.5 Å². The molecule has 102 valence electrons. The summed E-state index contributed by atoms with van der Waals surface area (Å²) in [5.74, 6) is 1.42. The smallest absolute Gasteiger partial charge is 0.303 e. The first-order valence-electron chi connectivity index (χ1n) is 6.12. The SMILES string of the molecule is COC(O[Si](C)(C)C)=C(O[SiH](C)C)C(C)(C)C. The topological polar surface area (TPSA) is 27.7 Å². The Bertz CT molecular complexity index is 272. The summed E-state index contributed by atoms with van der Waals surface area (Å²) >= 11 is 0. The molecular weight excluding hydrogens is 248 g/mol. The van der Waals surface area contributed by atoms with Crippen LogP contribution in [0.5, 0.6) is 0 Å². The summed E-state index contributed by atoms with van der Waals surface area (Å²) in [5, 5.41) is 0. The Balaban J connectivity index is 5.30. The lowest BCUT2D eigenvalue weighted by molar-refractivity contribution is 0.107. The highest BCUT2D eigenvalue weighted by Gasteiger charge is 2.29. The molecule has 0 aromatic carbocycles. The molecule has 0 unspecified atom stereocenters. The number of methoxy groups -OCH3 is 1. The second-order valence-electron chi connectivity index (χ2n) is 6.45. The fourth-order valence-electron chi connectivity index (χ4n) is 1.23. The molecule has 0 saturated heterocycles. The van der Waals surface area contributed by atoms with Gasteiger partial charge in [0.2, 0.25) is 17.4 Å². The number of allylic oxidation sites excluding steroid dienone is 1. The van der Waals surface area contributed by atoms with Crippen molar-refractivity contribution in [3.05, 3.63) is 11.7 Å². The van der Waals surface area contributed by atoms with E-state index in [0.717, 1.165) is 5.76 Å². The van der Waals surface area contributed by atoms with E-state index in [4.69, 9.17) is 13.6 Å². The first-order chi connectivity index (χ1) is 7.47. The van der Waals surface area contributed by atoms with Crippen molar-refractivity contribution >= 4 is 17.4 Å². The van der Waals surface area contributed by atoms with Gasteiger partial charge in [0.05, 0.1) is 7.11 Å².